The molecule has 3 heterocycles. The first-order chi connectivity index (χ1) is 9.76. The van der Waals surface area contributed by atoms with Gasteiger partial charge < -0.3 is 15.0 Å². The highest BCUT2D eigenvalue weighted by Gasteiger charge is 2.17. The average molecular weight is 275 g/mol. The molecule has 1 saturated heterocycles. The molecule has 8 heteroatoms. The molecule has 2 aromatic heterocycles. The Kier molecular flexibility index (Phi) is 3.46. The standard InChI is InChI=1S/C12H17N7O/c1-13-11-15-10(9-7-14-18(2)8-9)16-12(17-11)19-3-5-20-6-4-19/h7-8H,3-6H2,1-2H3,(H,13,15,16,17). The molecule has 20 heavy (non-hydrogen) atoms. The van der Waals surface area contributed by atoms with Crippen LogP contribution in [0, 0.1) is 0 Å². The van der Waals surface area contributed by atoms with Crippen molar-refractivity contribution >= 4 is 11.9 Å². The minimum absolute atomic E-state index is 0.556. The van der Waals surface area contributed by atoms with Crippen molar-refractivity contribution in [3.63, 3.8) is 0 Å². The van der Waals surface area contributed by atoms with Gasteiger partial charge in [0.05, 0.1) is 25.0 Å². The Labute approximate surface area is 116 Å². The summed E-state index contributed by atoms with van der Waals surface area (Å²) in [5.41, 5.74) is 0.876. The highest BCUT2D eigenvalue weighted by molar-refractivity contribution is 5.56. The predicted octanol–water partition coefficient (Wildman–Crippen LogP) is 0.150. The molecule has 0 spiro atoms. The molecule has 0 atom stereocenters. The van der Waals surface area contributed by atoms with Gasteiger partial charge in [0.2, 0.25) is 11.9 Å². The monoisotopic (exact) mass is 275 g/mol. The molecule has 0 radical (unpaired) electrons. The van der Waals surface area contributed by atoms with Crippen molar-refractivity contribution < 1.29 is 4.74 Å². The van der Waals surface area contributed by atoms with Gasteiger partial charge in [-0.1, -0.05) is 0 Å². The minimum Gasteiger partial charge on any atom is -0.378 e. The second kappa shape index (κ2) is 5.41. The van der Waals surface area contributed by atoms with Crippen molar-refractivity contribution in [2.75, 3.05) is 43.6 Å². The molecule has 0 unspecified atom stereocenters. The van der Waals surface area contributed by atoms with Crippen LogP contribution in [0.3, 0.4) is 0 Å². The molecular weight excluding hydrogens is 258 g/mol. The zero-order chi connectivity index (χ0) is 13.9. The molecule has 1 fully saturated rings. The third-order valence-corrected chi connectivity index (χ3v) is 3.10. The van der Waals surface area contributed by atoms with Gasteiger partial charge in [-0.2, -0.15) is 20.1 Å². The Morgan fingerprint density at radius 2 is 2.00 bits per heavy atom. The molecule has 0 saturated carbocycles. The molecule has 1 aliphatic rings. The topological polar surface area (TPSA) is 81.0 Å². The van der Waals surface area contributed by atoms with E-state index in [-0.39, 0.29) is 0 Å². The summed E-state index contributed by atoms with van der Waals surface area (Å²) >= 11 is 0. The zero-order valence-corrected chi connectivity index (χ0v) is 11.6. The summed E-state index contributed by atoms with van der Waals surface area (Å²) in [6.07, 6.45) is 3.63. The van der Waals surface area contributed by atoms with Crippen LogP contribution < -0.4 is 10.2 Å². The maximum Gasteiger partial charge on any atom is 0.230 e. The van der Waals surface area contributed by atoms with Gasteiger partial charge in [0.25, 0.3) is 0 Å². The van der Waals surface area contributed by atoms with E-state index in [0.29, 0.717) is 30.9 Å². The maximum atomic E-state index is 5.35. The summed E-state index contributed by atoms with van der Waals surface area (Å²) in [7, 11) is 3.66. The number of nitrogens with one attached hydrogen (secondary N) is 1. The molecule has 0 bridgehead atoms. The van der Waals surface area contributed by atoms with Crippen molar-refractivity contribution in [1.82, 2.24) is 24.7 Å². The molecule has 0 aliphatic carbocycles. The van der Waals surface area contributed by atoms with Gasteiger partial charge in [0, 0.05) is 33.4 Å². The number of aryl methyl sites for hydroxylation is 1. The maximum absolute atomic E-state index is 5.35. The van der Waals surface area contributed by atoms with E-state index in [9.17, 15) is 0 Å². The van der Waals surface area contributed by atoms with E-state index < -0.39 is 0 Å². The number of ether oxygens (including phenoxy) is 1. The summed E-state index contributed by atoms with van der Waals surface area (Å²) in [5.74, 6) is 1.85. The number of anilines is 2. The van der Waals surface area contributed by atoms with Crippen LogP contribution in [0.25, 0.3) is 11.4 Å². The first-order valence-electron chi connectivity index (χ1n) is 6.52. The van der Waals surface area contributed by atoms with Crippen LogP contribution in [-0.2, 0) is 11.8 Å². The number of hydrogen-bond acceptors (Lipinski definition) is 7. The Morgan fingerprint density at radius 1 is 1.20 bits per heavy atom. The summed E-state index contributed by atoms with van der Waals surface area (Å²) in [6.45, 7) is 2.98. The lowest BCUT2D eigenvalue weighted by molar-refractivity contribution is 0.122. The van der Waals surface area contributed by atoms with Crippen LogP contribution in [0.2, 0.25) is 0 Å². The Bertz CT molecular complexity index is 591. The van der Waals surface area contributed by atoms with Crippen LogP contribution >= 0.6 is 0 Å². The van der Waals surface area contributed by atoms with Gasteiger partial charge in [0.15, 0.2) is 5.82 Å². The second-order valence-electron chi connectivity index (χ2n) is 4.53. The molecule has 0 aromatic carbocycles. The minimum atomic E-state index is 0.556. The van der Waals surface area contributed by atoms with Crippen molar-refractivity contribution in [2.24, 2.45) is 7.05 Å². The van der Waals surface area contributed by atoms with Gasteiger partial charge in [-0.05, 0) is 0 Å². The van der Waals surface area contributed by atoms with Crippen molar-refractivity contribution in [2.45, 2.75) is 0 Å². The van der Waals surface area contributed by atoms with E-state index in [2.05, 4.69) is 30.3 Å². The molecule has 8 nitrogen and oxygen atoms in total. The van der Waals surface area contributed by atoms with Gasteiger partial charge in [-0.15, -0.1) is 0 Å². The average Bonchev–Trinajstić information content (AvgIpc) is 2.94. The van der Waals surface area contributed by atoms with E-state index in [1.165, 1.54) is 0 Å². The summed E-state index contributed by atoms with van der Waals surface area (Å²) < 4.78 is 7.08. The van der Waals surface area contributed by atoms with Crippen LogP contribution in [0.15, 0.2) is 12.4 Å². The summed E-state index contributed by atoms with van der Waals surface area (Å²) in [6, 6.07) is 0. The van der Waals surface area contributed by atoms with E-state index in [0.717, 1.165) is 18.7 Å². The molecule has 0 amide bonds. The molecule has 1 aliphatic heterocycles. The van der Waals surface area contributed by atoms with Crippen LogP contribution in [-0.4, -0.2) is 58.1 Å². The Balaban J connectivity index is 1.97. The van der Waals surface area contributed by atoms with E-state index in [1.807, 2.05) is 13.2 Å². The Hall–Kier alpha value is -2.22. The number of rotatable bonds is 3. The lowest BCUT2D eigenvalue weighted by atomic mass is 10.3. The SMILES string of the molecule is CNc1nc(-c2cnn(C)c2)nc(N2CCOCC2)n1. The fourth-order valence-corrected chi connectivity index (χ4v) is 2.05. The molecular formula is C12H17N7O. The zero-order valence-electron chi connectivity index (χ0n) is 11.6. The number of aromatic nitrogens is 5. The predicted molar refractivity (Wildman–Crippen MR) is 74.6 cm³/mol. The lowest BCUT2D eigenvalue weighted by Crippen LogP contribution is -2.37. The van der Waals surface area contributed by atoms with Crippen LogP contribution in [0.5, 0.6) is 0 Å². The summed E-state index contributed by atoms with van der Waals surface area (Å²) in [5, 5.41) is 7.13. The first-order valence-corrected chi connectivity index (χ1v) is 6.52. The smallest absolute Gasteiger partial charge is 0.230 e. The van der Waals surface area contributed by atoms with Crippen molar-refractivity contribution in [3.8, 4) is 11.4 Å². The highest BCUT2D eigenvalue weighted by atomic mass is 16.5. The highest BCUT2D eigenvalue weighted by Crippen LogP contribution is 2.19. The number of hydrogen-bond donors (Lipinski definition) is 1. The van der Waals surface area contributed by atoms with Crippen LogP contribution in [0.4, 0.5) is 11.9 Å². The molecule has 106 valence electrons. The lowest BCUT2D eigenvalue weighted by Gasteiger charge is -2.27. The normalized spacial score (nSPS) is 15.4. The van der Waals surface area contributed by atoms with Crippen molar-refractivity contribution in [3.05, 3.63) is 12.4 Å². The quantitative estimate of drug-likeness (QED) is 0.854. The summed E-state index contributed by atoms with van der Waals surface area (Å²) in [4.78, 5) is 15.4. The molecule has 3 rings (SSSR count). The fourth-order valence-electron chi connectivity index (χ4n) is 2.05. The second-order valence-corrected chi connectivity index (χ2v) is 4.53. The number of morpholine rings is 1. The van der Waals surface area contributed by atoms with Gasteiger partial charge in [-0.3, -0.25) is 4.68 Å². The molecule has 2 aromatic rings. The van der Waals surface area contributed by atoms with Crippen molar-refractivity contribution in [1.29, 1.82) is 0 Å². The number of nitrogens with zero attached hydrogens (tertiary/aromatic N) is 6. The fraction of sp³-hybridized carbons (Fsp3) is 0.500. The third kappa shape index (κ3) is 2.55. The molecule has 1 N–H and O–H groups in total. The first kappa shape index (κ1) is 12.8. The largest absolute Gasteiger partial charge is 0.378 e. The van der Waals surface area contributed by atoms with Gasteiger partial charge in [0.1, 0.15) is 0 Å². The van der Waals surface area contributed by atoms with E-state index >= 15 is 0 Å². The van der Waals surface area contributed by atoms with E-state index in [1.54, 1.807) is 17.9 Å². The van der Waals surface area contributed by atoms with Gasteiger partial charge >= 0.3 is 0 Å². The van der Waals surface area contributed by atoms with Crippen LogP contribution in [0.1, 0.15) is 0 Å². The Morgan fingerprint density at radius 3 is 2.65 bits per heavy atom. The van der Waals surface area contributed by atoms with E-state index in [4.69, 9.17) is 4.74 Å². The van der Waals surface area contributed by atoms with Gasteiger partial charge in [-0.25, -0.2) is 0 Å². The third-order valence-electron chi connectivity index (χ3n) is 3.10.